The van der Waals surface area contributed by atoms with Crippen molar-refractivity contribution < 1.29 is 8.42 Å². The van der Waals surface area contributed by atoms with E-state index < -0.39 is 16.1 Å². The number of nitrogens with zero attached hydrogens (tertiary/aromatic N) is 1. The second-order valence-corrected chi connectivity index (χ2v) is 11.5. The first-order valence-electron chi connectivity index (χ1n) is 10.9. The summed E-state index contributed by atoms with van der Waals surface area (Å²) in [6.45, 7) is 2.03. The molecule has 6 nitrogen and oxygen atoms in total. The van der Waals surface area contributed by atoms with Crippen LogP contribution in [-0.4, -0.2) is 18.4 Å². The Balaban J connectivity index is 1.58. The number of nitrogens with one attached hydrogen (secondary N) is 2. The predicted octanol–water partition coefficient (Wildman–Crippen LogP) is 5.40. The number of halogens is 1. The first-order valence-corrected chi connectivity index (χ1v) is 13.7. The number of aromatic amines is 1. The van der Waals surface area contributed by atoms with Crippen LogP contribution < -0.4 is 10.3 Å². The van der Waals surface area contributed by atoms with Crippen LogP contribution in [0.5, 0.6) is 0 Å². The third-order valence-corrected chi connectivity index (χ3v) is 8.74. The fourth-order valence-electron chi connectivity index (χ4n) is 4.39. The van der Waals surface area contributed by atoms with Crippen LogP contribution in [0.3, 0.4) is 0 Å². The monoisotopic (exact) mass is 511 g/mol. The molecule has 2 atom stereocenters. The van der Waals surface area contributed by atoms with Gasteiger partial charge in [-0.05, 0) is 52.6 Å². The van der Waals surface area contributed by atoms with Crippen molar-refractivity contribution in [2.45, 2.75) is 41.1 Å². The summed E-state index contributed by atoms with van der Waals surface area (Å²) in [4.78, 5) is 19.8. The van der Waals surface area contributed by atoms with E-state index >= 15 is 0 Å². The molecule has 0 saturated carbocycles. The molecule has 0 amide bonds. The van der Waals surface area contributed by atoms with Gasteiger partial charge in [-0.2, -0.15) is 0 Å². The quantitative estimate of drug-likeness (QED) is 0.324. The number of sulfonamides is 1. The number of rotatable bonds is 7. The lowest BCUT2D eigenvalue weighted by Gasteiger charge is -2.22. The standard InChI is InChI=1S/C25H22ClN3O3S2/c1-2-5-17-14-21(30)28-25(27-17)33-24-20-9-4-7-15-6-3-8-19(22(15)20)23(24)29-34(31,32)18-12-10-16(26)11-13-18/h3-4,6-14,23-24,29H,2,5H2,1H3,(H,27,28,30)/t23-,24+/m0/s1. The molecule has 5 rings (SSSR count). The average molecular weight is 512 g/mol. The fourth-order valence-corrected chi connectivity index (χ4v) is 7.07. The van der Waals surface area contributed by atoms with Gasteiger partial charge in [0.05, 0.1) is 16.2 Å². The third-order valence-electron chi connectivity index (χ3n) is 5.84. The summed E-state index contributed by atoms with van der Waals surface area (Å²) in [7, 11) is -3.84. The van der Waals surface area contributed by atoms with E-state index in [1.165, 1.54) is 30.0 Å². The van der Waals surface area contributed by atoms with Crippen LogP contribution in [0.2, 0.25) is 5.02 Å². The maximum atomic E-state index is 13.3. The number of aromatic nitrogens is 2. The molecule has 34 heavy (non-hydrogen) atoms. The number of aryl methyl sites for hydroxylation is 1. The third kappa shape index (κ3) is 4.38. The van der Waals surface area contributed by atoms with Gasteiger partial charge >= 0.3 is 0 Å². The molecule has 0 radical (unpaired) electrons. The van der Waals surface area contributed by atoms with Gasteiger partial charge in [0.2, 0.25) is 10.0 Å². The summed E-state index contributed by atoms with van der Waals surface area (Å²) in [5.41, 5.74) is 2.41. The van der Waals surface area contributed by atoms with E-state index in [0.29, 0.717) is 16.6 Å². The summed E-state index contributed by atoms with van der Waals surface area (Å²) in [5.74, 6) is 0. The summed E-state index contributed by atoms with van der Waals surface area (Å²) in [6, 6.07) is 18.9. The Hall–Kier alpha value is -2.65. The molecule has 0 aliphatic heterocycles. The molecule has 1 aliphatic rings. The van der Waals surface area contributed by atoms with Crippen LogP contribution in [0.25, 0.3) is 10.8 Å². The lowest BCUT2D eigenvalue weighted by Crippen LogP contribution is -2.30. The van der Waals surface area contributed by atoms with Crippen molar-refractivity contribution in [1.29, 1.82) is 0 Å². The first-order chi connectivity index (χ1) is 16.4. The molecule has 9 heteroatoms. The molecule has 0 unspecified atom stereocenters. The smallest absolute Gasteiger partial charge is 0.251 e. The SMILES string of the molecule is CCCc1cc(=O)[nH]c(S[C@@H]2c3cccc4cccc(c34)[C@@H]2NS(=O)(=O)c2ccc(Cl)cc2)n1. The molecular formula is C25H22ClN3O3S2. The molecule has 4 aromatic rings. The summed E-state index contributed by atoms with van der Waals surface area (Å²) in [6.07, 6.45) is 1.57. The molecule has 3 aromatic carbocycles. The Labute approximate surface area is 206 Å². The van der Waals surface area contributed by atoms with Gasteiger partial charge in [0.15, 0.2) is 5.16 Å². The number of hydrogen-bond donors (Lipinski definition) is 2. The zero-order valence-corrected chi connectivity index (χ0v) is 20.7. The Morgan fingerprint density at radius 3 is 2.47 bits per heavy atom. The van der Waals surface area contributed by atoms with Crippen molar-refractivity contribution in [3.05, 3.63) is 98.9 Å². The Kier molecular flexibility index (Phi) is 6.24. The lowest BCUT2D eigenvalue weighted by atomic mass is 10.1. The van der Waals surface area contributed by atoms with E-state index in [9.17, 15) is 13.2 Å². The molecule has 1 heterocycles. The van der Waals surface area contributed by atoms with Gasteiger partial charge in [-0.1, -0.05) is 73.1 Å². The van der Waals surface area contributed by atoms with Crippen LogP contribution in [-0.2, 0) is 16.4 Å². The highest BCUT2D eigenvalue weighted by Crippen LogP contribution is 2.52. The van der Waals surface area contributed by atoms with Crippen LogP contribution in [0.1, 0.15) is 41.5 Å². The normalized spacial score (nSPS) is 17.4. The molecule has 1 aliphatic carbocycles. The Morgan fingerprint density at radius 2 is 1.76 bits per heavy atom. The highest BCUT2D eigenvalue weighted by atomic mass is 35.5. The van der Waals surface area contributed by atoms with Gasteiger partial charge < -0.3 is 4.98 Å². The Bertz CT molecular complexity index is 1530. The van der Waals surface area contributed by atoms with Crippen molar-refractivity contribution in [2.75, 3.05) is 0 Å². The van der Waals surface area contributed by atoms with Crippen LogP contribution >= 0.6 is 23.4 Å². The number of thioether (sulfide) groups is 1. The van der Waals surface area contributed by atoms with Gasteiger partial charge in [-0.15, -0.1) is 0 Å². The van der Waals surface area contributed by atoms with Crippen molar-refractivity contribution in [1.82, 2.24) is 14.7 Å². The summed E-state index contributed by atoms with van der Waals surface area (Å²) >= 11 is 7.32. The van der Waals surface area contributed by atoms with E-state index in [1.54, 1.807) is 12.1 Å². The minimum Gasteiger partial charge on any atom is -0.301 e. The van der Waals surface area contributed by atoms with Crippen molar-refractivity contribution in [3.63, 3.8) is 0 Å². The molecule has 0 saturated heterocycles. The largest absolute Gasteiger partial charge is 0.301 e. The van der Waals surface area contributed by atoms with Gasteiger partial charge in [-0.25, -0.2) is 18.1 Å². The second-order valence-electron chi connectivity index (χ2n) is 8.18. The van der Waals surface area contributed by atoms with Crippen LogP contribution in [0.4, 0.5) is 0 Å². The highest BCUT2D eigenvalue weighted by Gasteiger charge is 2.38. The molecule has 0 bridgehead atoms. The summed E-state index contributed by atoms with van der Waals surface area (Å²) < 4.78 is 29.6. The highest BCUT2D eigenvalue weighted by molar-refractivity contribution is 7.99. The zero-order valence-electron chi connectivity index (χ0n) is 18.3. The maximum Gasteiger partial charge on any atom is 0.251 e. The molecule has 174 valence electrons. The average Bonchev–Trinajstić information content (AvgIpc) is 3.08. The summed E-state index contributed by atoms with van der Waals surface area (Å²) in [5, 5.41) is 2.69. The topological polar surface area (TPSA) is 91.9 Å². The van der Waals surface area contributed by atoms with Crippen LogP contribution in [0.15, 0.2) is 81.6 Å². The predicted molar refractivity (Wildman–Crippen MR) is 136 cm³/mol. The van der Waals surface area contributed by atoms with E-state index in [1.807, 2.05) is 43.3 Å². The molecule has 2 N–H and O–H groups in total. The number of H-pyrrole nitrogens is 1. The van der Waals surface area contributed by atoms with Gasteiger partial charge in [0, 0.05) is 16.8 Å². The van der Waals surface area contributed by atoms with E-state index in [-0.39, 0.29) is 15.7 Å². The zero-order chi connectivity index (χ0) is 23.9. The lowest BCUT2D eigenvalue weighted by molar-refractivity contribution is 0.557. The number of hydrogen-bond acceptors (Lipinski definition) is 5. The molecule has 0 fully saturated rings. The second kappa shape index (κ2) is 9.19. The van der Waals surface area contributed by atoms with E-state index in [0.717, 1.165) is 34.0 Å². The molecule has 0 spiro atoms. The number of benzene rings is 3. The van der Waals surface area contributed by atoms with Crippen LogP contribution in [0, 0.1) is 0 Å². The van der Waals surface area contributed by atoms with Gasteiger partial charge in [0.1, 0.15) is 0 Å². The first kappa shape index (κ1) is 23.1. The minimum atomic E-state index is -3.84. The fraction of sp³-hybridized carbons (Fsp3) is 0.200. The molecular weight excluding hydrogens is 490 g/mol. The van der Waals surface area contributed by atoms with E-state index in [2.05, 4.69) is 14.7 Å². The van der Waals surface area contributed by atoms with Crippen molar-refractivity contribution in [3.8, 4) is 0 Å². The van der Waals surface area contributed by atoms with Crippen molar-refractivity contribution >= 4 is 44.2 Å². The maximum absolute atomic E-state index is 13.3. The minimum absolute atomic E-state index is 0.139. The van der Waals surface area contributed by atoms with Crippen molar-refractivity contribution in [2.24, 2.45) is 0 Å². The van der Waals surface area contributed by atoms with Gasteiger partial charge in [-0.3, -0.25) is 4.79 Å². The van der Waals surface area contributed by atoms with Gasteiger partial charge in [0.25, 0.3) is 5.56 Å². The van der Waals surface area contributed by atoms with E-state index in [4.69, 9.17) is 11.6 Å². The molecule has 1 aromatic heterocycles. The Morgan fingerprint density at radius 1 is 1.06 bits per heavy atom.